The monoisotopic (exact) mass is 344 g/mol. The Labute approximate surface area is 137 Å². The Balaban J connectivity index is 1.82. The Kier molecular flexibility index (Phi) is 3.88. The molecule has 0 aliphatic carbocycles. The number of nitro benzene ring substituents is 2. The minimum Gasteiger partial charge on any atom is -0.298 e. The smallest absolute Gasteiger partial charge is 0.271 e. The number of nitrogens with zero attached hydrogens (tertiary/aromatic N) is 3. The number of carbonyl (C=O) groups is 1. The first-order valence-electron chi connectivity index (χ1n) is 6.55. The van der Waals surface area contributed by atoms with E-state index in [4.69, 9.17) is 0 Å². The highest BCUT2D eigenvalue weighted by molar-refractivity contribution is 7.22. The minimum atomic E-state index is -0.553. The standard InChI is InChI=1S/C14H8N4O5S/c19-13(8-1-3-9(4-2-8)17(20)21)16-14-15-11-7-10(18(22)23)5-6-12(11)24-14/h1-7H,(H,15,16,19). The zero-order chi connectivity index (χ0) is 17.3. The molecule has 9 nitrogen and oxygen atoms in total. The third-order valence-electron chi connectivity index (χ3n) is 3.14. The maximum absolute atomic E-state index is 12.1. The molecular weight excluding hydrogens is 336 g/mol. The molecule has 0 atom stereocenters. The molecule has 0 aliphatic heterocycles. The van der Waals surface area contributed by atoms with Gasteiger partial charge in [0.05, 0.1) is 20.1 Å². The van der Waals surface area contributed by atoms with Gasteiger partial charge >= 0.3 is 0 Å². The average Bonchev–Trinajstić information content (AvgIpc) is 2.96. The third-order valence-corrected chi connectivity index (χ3v) is 4.09. The van der Waals surface area contributed by atoms with E-state index in [9.17, 15) is 25.0 Å². The molecule has 1 aromatic heterocycles. The zero-order valence-electron chi connectivity index (χ0n) is 11.8. The lowest BCUT2D eigenvalue weighted by Gasteiger charge is -2.00. The van der Waals surface area contributed by atoms with Crippen LogP contribution in [0.5, 0.6) is 0 Å². The summed E-state index contributed by atoms with van der Waals surface area (Å²) in [5, 5.41) is 24.2. The number of hydrogen-bond acceptors (Lipinski definition) is 7. The van der Waals surface area contributed by atoms with Gasteiger partial charge in [0.15, 0.2) is 5.13 Å². The number of rotatable bonds is 4. The van der Waals surface area contributed by atoms with Crippen molar-refractivity contribution in [3.05, 3.63) is 68.3 Å². The number of carbonyl (C=O) groups excluding carboxylic acids is 1. The van der Waals surface area contributed by atoms with Crippen LogP contribution < -0.4 is 5.32 Å². The summed E-state index contributed by atoms with van der Waals surface area (Å²) in [6, 6.07) is 9.40. The summed E-state index contributed by atoms with van der Waals surface area (Å²) in [5.41, 5.74) is 0.457. The van der Waals surface area contributed by atoms with Crippen LogP contribution in [0.25, 0.3) is 10.2 Å². The number of anilines is 1. The van der Waals surface area contributed by atoms with Gasteiger partial charge in [-0.2, -0.15) is 0 Å². The quantitative estimate of drug-likeness (QED) is 0.571. The number of amides is 1. The van der Waals surface area contributed by atoms with Crippen molar-refractivity contribution < 1.29 is 14.6 Å². The van der Waals surface area contributed by atoms with Crippen LogP contribution in [-0.2, 0) is 0 Å². The molecule has 2 aromatic carbocycles. The van der Waals surface area contributed by atoms with Crippen LogP contribution in [0.2, 0.25) is 0 Å². The molecule has 1 heterocycles. The van der Waals surface area contributed by atoms with Crippen molar-refractivity contribution in [3.8, 4) is 0 Å². The van der Waals surface area contributed by atoms with Gasteiger partial charge in [-0.25, -0.2) is 4.98 Å². The van der Waals surface area contributed by atoms with Crippen molar-refractivity contribution >= 4 is 44.0 Å². The van der Waals surface area contributed by atoms with Crippen LogP contribution in [-0.4, -0.2) is 20.7 Å². The zero-order valence-corrected chi connectivity index (χ0v) is 12.6. The van der Waals surface area contributed by atoms with Crippen molar-refractivity contribution in [1.82, 2.24) is 4.98 Å². The molecule has 0 fully saturated rings. The van der Waals surface area contributed by atoms with E-state index in [2.05, 4.69) is 10.3 Å². The summed E-state index contributed by atoms with van der Waals surface area (Å²) in [5.74, 6) is -0.474. The second kappa shape index (κ2) is 6.01. The number of aromatic nitrogens is 1. The normalized spacial score (nSPS) is 10.5. The second-order valence-electron chi connectivity index (χ2n) is 4.69. The lowest BCUT2D eigenvalue weighted by molar-refractivity contribution is -0.385. The number of nitrogens with one attached hydrogen (secondary N) is 1. The first-order valence-corrected chi connectivity index (χ1v) is 7.36. The van der Waals surface area contributed by atoms with Crippen molar-refractivity contribution in [2.45, 2.75) is 0 Å². The molecular formula is C14H8N4O5S. The van der Waals surface area contributed by atoms with E-state index < -0.39 is 15.8 Å². The van der Waals surface area contributed by atoms with Crippen LogP contribution in [0.1, 0.15) is 10.4 Å². The average molecular weight is 344 g/mol. The number of nitro groups is 2. The summed E-state index contributed by atoms with van der Waals surface area (Å²) in [4.78, 5) is 36.5. The molecule has 120 valence electrons. The fraction of sp³-hybridized carbons (Fsp3) is 0. The van der Waals surface area contributed by atoms with Gasteiger partial charge in [-0.1, -0.05) is 11.3 Å². The third kappa shape index (κ3) is 3.03. The van der Waals surface area contributed by atoms with E-state index in [0.717, 1.165) is 0 Å². The predicted octanol–water partition coefficient (Wildman–Crippen LogP) is 3.37. The van der Waals surface area contributed by atoms with Gasteiger partial charge in [-0.15, -0.1) is 0 Å². The maximum atomic E-state index is 12.1. The van der Waals surface area contributed by atoms with Gasteiger partial charge < -0.3 is 0 Å². The molecule has 0 unspecified atom stereocenters. The first-order chi connectivity index (χ1) is 11.4. The Morgan fingerprint density at radius 3 is 2.25 bits per heavy atom. The van der Waals surface area contributed by atoms with Gasteiger partial charge in [-0.3, -0.25) is 30.3 Å². The molecule has 24 heavy (non-hydrogen) atoms. The predicted molar refractivity (Wildman–Crippen MR) is 87.3 cm³/mol. The van der Waals surface area contributed by atoms with Crippen LogP contribution in [0.3, 0.4) is 0 Å². The van der Waals surface area contributed by atoms with Crippen LogP contribution >= 0.6 is 11.3 Å². The van der Waals surface area contributed by atoms with Crippen LogP contribution in [0.4, 0.5) is 16.5 Å². The summed E-state index contributed by atoms with van der Waals surface area (Å²) in [7, 11) is 0. The molecule has 0 saturated carbocycles. The lowest BCUT2D eigenvalue weighted by Crippen LogP contribution is -2.11. The van der Waals surface area contributed by atoms with E-state index >= 15 is 0 Å². The summed E-state index contributed by atoms with van der Waals surface area (Å²) in [6.45, 7) is 0. The largest absolute Gasteiger partial charge is 0.298 e. The maximum Gasteiger partial charge on any atom is 0.271 e. The van der Waals surface area contributed by atoms with E-state index in [1.54, 1.807) is 6.07 Å². The molecule has 1 amide bonds. The number of fused-ring (bicyclic) bond motifs is 1. The number of non-ortho nitro benzene ring substituents is 2. The van der Waals surface area contributed by atoms with E-state index in [1.165, 1.54) is 47.7 Å². The molecule has 0 spiro atoms. The second-order valence-corrected chi connectivity index (χ2v) is 5.72. The molecule has 0 aliphatic rings. The van der Waals surface area contributed by atoms with Crippen molar-refractivity contribution in [1.29, 1.82) is 0 Å². The highest BCUT2D eigenvalue weighted by Gasteiger charge is 2.14. The molecule has 0 bridgehead atoms. The van der Waals surface area contributed by atoms with Gasteiger partial charge in [0.2, 0.25) is 0 Å². The van der Waals surface area contributed by atoms with Gasteiger partial charge in [-0.05, 0) is 18.2 Å². The number of benzene rings is 2. The van der Waals surface area contributed by atoms with E-state index in [1.807, 2.05) is 0 Å². The summed E-state index contributed by atoms with van der Waals surface area (Å²) >= 11 is 1.17. The SMILES string of the molecule is O=C(Nc1nc2cc([N+](=O)[O-])ccc2s1)c1ccc([N+](=O)[O-])cc1. The molecule has 3 rings (SSSR count). The van der Waals surface area contributed by atoms with Crippen molar-refractivity contribution in [2.75, 3.05) is 5.32 Å². The van der Waals surface area contributed by atoms with E-state index in [0.29, 0.717) is 10.2 Å². The highest BCUT2D eigenvalue weighted by Crippen LogP contribution is 2.29. The molecule has 10 heteroatoms. The summed E-state index contributed by atoms with van der Waals surface area (Å²) < 4.78 is 0.694. The van der Waals surface area contributed by atoms with Gasteiger partial charge in [0.25, 0.3) is 17.3 Å². The van der Waals surface area contributed by atoms with Crippen molar-refractivity contribution in [3.63, 3.8) is 0 Å². The van der Waals surface area contributed by atoms with E-state index in [-0.39, 0.29) is 22.1 Å². The Bertz CT molecular complexity index is 967. The Morgan fingerprint density at radius 1 is 1.00 bits per heavy atom. The highest BCUT2D eigenvalue weighted by atomic mass is 32.1. The fourth-order valence-corrected chi connectivity index (χ4v) is 2.83. The molecule has 0 saturated heterocycles. The van der Waals surface area contributed by atoms with Crippen molar-refractivity contribution in [2.24, 2.45) is 0 Å². The molecule has 3 aromatic rings. The van der Waals surface area contributed by atoms with Crippen LogP contribution in [0.15, 0.2) is 42.5 Å². The van der Waals surface area contributed by atoms with Crippen LogP contribution in [0, 0.1) is 20.2 Å². The summed E-state index contributed by atoms with van der Waals surface area (Å²) in [6.07, 6.45) is 0. The van der Waals surface area contributed by atoms with Gasteiger partial charge in [0.1, 0.15) is 0 Å². The minimum absolute atomic E-state index is 0.0824. The molecule has 0 radical (unpaired) electrons. The van der Waals surface area contributed by atoms with Gasteiger partial charge in [0, 0.05) is 29.8 Å². The topological polar surface area (TPSA) is 128 Å². The lowest BCUT2D eigenvalue weighted by atomic mass is 10.2. The molecule has 1 N–H and O–H groups in total. The first kappa shape index (κ1) is 15.5. The number of hydrogen-bond donors (Lipinski definition) is 1. The Hall–Kier alpha value is -3.40. The Morgan fingerprint density at radius 2 is 1.62 bits per heavy atom. The number of thiazole rings is 1. The fourth-order valence-electron chi connectivity index (χ4n) is 1.99.